The molecule has 1 atom stereocenters. The van der Waals surface area contributed by atoms with Gasteiger partial charge in [0.2, 0.25) is 5.60 Å². The fourth-order valence-corrected chi connectivity index (χ4v) is 3.54. The molecule has 4 nitrogen and oxygen atoms in total. The van der Waals surface area contributed by atoms with Gasteiger partial charge >= 0.3 is 0 Å². The zero-order valence-electron chi connectivity index (χ0n) is 15.1. The van der Waals surface area contributed by atoms with Crippen molar-refractivity contribution in [1.29, 1.82) is 5.26 Å². The quantitative estimate of drug-likeness (QED) is 0.553. The minimum Gasteiger partial charge on any atom is -0.493 e. The van der Waals surface area contributed by atoms with E-state index in [0.717, 1.165) is 0 Å². The van der Waals surface area contributed by atoms with Crippen LogP contribution in [0.25, 0.3) is 0 Å². The van der Waals surface area contributed by atoms with Gasteiger partial charge in [0.1, 0.15) is 6.07 Å². The van der Waals surface area contributed by atoms with E-state index >= 15 is 0 Å². The standard InChI is InChI=1S/C19H25NO3Si/c1-6-11-19(14-20,23-24(3,4)5)16-9-10-17(21-2)18(12-16)22-13-15-7-8-15/h9-10,12,15H,7-8,13H2,1-5H3. The Balaban J connectivity index is 2.42. The third-order valence-electron chi connectivity index (χ3n) is 3.66. The van der Waals surface area contributed by atoms with Gasteiger partial charge in [-0.3, -0.25) is 0 Å². The molecule has 2 rings (SSSR count). The summed E-state index contributed by atoms with van der Waals surface area (Å²) in [6, 6.07) is 7.75. The Bertz CT molecular complexity index is 689. The van der Waals surface area contributed by atoms with Crippen LogP contribution in [0.4, 0.5) is 0 Å². The fourth-order valence-electron chi connectivity index (χ4n) is 2.41. The van der Waals surface area contributed by atoms with Crippen LogP contribution in [0.2, 0.25) is 19.6 Å². The Hall–Kier alpha value is -1.95. The molecule has 0 radical (unpaired) electrons. The lowest BCUT2D eigenvalue weighted by molar-refractivity contribution is 0.182. The molecule has 0 saturated heterocycles. The van der Waals surface area contributed by atoms with Gasteiger partial charge in [0.15, 0.2) is 19.8 Å². The highest BCUT2D eigenvalue weighted by Gasteiger charge is 2.37. The molecule has 0 aromatic heterocycles. The largest absolute Gasteiger partial charge is 0.493 e. The van der Waals surface area contributed by atoms with Crippen LogP contribution in [-0.2, 0) is 10.0 Å². The van der Waals surface area contributed by atoms with Crippen LogP contribution in [0.3, 0.4) is 0 Å². The number of hydrogen-bond donors (Lipinski definition) is 0. The maximum atomic E-state index is 9.84. The van der Waals surface area contributed by atoms with Crippen LogP contribution in [0.15, 0.2) is 18.2 Å². The highest BCUT2D eigenvalue weighted by atomic mass is 28.4. The highest BCUT2D eigenvalue weighted by Crippen LogP contribution is 2.37. The molecule has 1 fully saturated rings. The van der Waals surface area contributed by atoms with Crippen molar-refractivity contribution in [3.8, 4) is 29.4 Å². The maximum Gasteiger partial charge on any atom is 0.233 e. The van der Waals surface area contributed by atoms with E-state index in [1.807, 2.05) is 37.8 Å². The second-order valence-corrected chi connectivity index (χ2v) is 11.4. The molecule has 0 amide bonds. The summed E-state index contributed by atoms with van der Waals surface area (Å²) in [5.41, 5.74) is -0.586. The van der Waals surface area contributed by atoms with Crippen LogP contribution in [0, 0.1) is 29.1 Å². The average Bonchev–Trinajstić information content (AvgIpc) is 3.35. The summed E-state index contributed by atoms with van der Waals surface area (Å²) in [6.45, 7) is 8.53. The Labute approximate surface area is 145 Å². The van der Waals surface area contributed by atoms with Gasteiger partial charge in [-0.05, 0) is 63.4 Å². The van der Waals surface area contributed by atoms with Crippen LogP contribution in [-0.4, -0.2) is 22.0 Å². The van der Waals surface area contributed by atoms with E-state index in [9.17, 15) is 5.26 Å². The van der Waals surface area contributed by atoms with Crippen molar-refractivity contribution in [1.82, 2.24) is 0 Å². The van der Waals surface area contributed by atoms with Gasteiger partial charge in [0.25, 0.3) is 0 Å². The molecule has 0 bridgehead atoms. The summed E-state index contributed by atoms with van der Waals surface area (Å²) in [5.74, 6) is 7.73. The lowest BCUT2D eigenvalue weighted by Gasteiger charge is -2.30. The predicted molar refractivity (Wildman–Crippen MR) is 96.4 cm³/mol. The van der Waals surface area contributed by atoms with Gasteiger partial charge in [0.05, 0.1) is 13.7 Å². The minimum atomic E-state index is -2.00. The molecule has 1 aliphatic rings. The Morgan fingerprint density at radius 2 is 1.96 bits per heavy atom. The molecule has 0 spiro atoms. The Kier molecular flexibility index (Phi) is 5.59. The Morgan fingerprint density at radius 3 is 2.46 bits per heavy atom. The molecule has 0 aliphatic heterocycles. The van der Waals surface area contributed by atoms with E-state index in [-0.39, 0.29) is 0 Å². The summed E-state index contributed by atoms with van der Waals surface area (Å²) in [6.07, 6.45) is 2.42. The smallest absolute Gasteiger partial charge is 0.233 e. The zero-order chi connectivity index (χ0) is 17.8. The van der Waals surface area contributed by atoms with Crippen molar-refractivity contribution >= 4 is 8.32 Å². The normalized spacial score (nSPS) is 16.3. The van der Waals surface area contributed by atoms with Crippen LogP contribution in [0.1, 0.15) is 25.3 Å². The molecular weight excluding hydrogens is 318 g/mol. The third kappa shape index (κ3) is 4.53. The van der Waals surface area contributed by atoms with Gasteiger partial charge in [-0.1, -0.05) is 6.07 Å². The number of rotatable bonds is 7. The van der Waals surface area contributed by atoms with Crippen molar-refractivity contribution < 1.29 is 13.9 Å². The van der Waals surface area contributed by atoms with Crippen LogP contribution >= 0.6 is 0 Å². The van der Waals surface area contributed by atoms with Crippen molar-refractivity contribution in [3.05, 3.63) is 23.8 Å². The summed E-state index contributed by atoms with van der Waals surface area (Å²) in [7, 11) is -0.384. The minimum absolute atomic E-state index is 0.632. The maximum absolute atomic E-state index is 9.84. The van der Waals surface area contributed by atoms with Crippen LogP contribution in [0.5, 0.6) is 11.5 Å². The highest BCUT2D eigenvalue weighted by molar-refractivity contribution is 6.69. The molecule has 128 valence electrons. The molecule has 5 heteroatoms. The molecule has 1 aliphatic carbocycles. The first-order valence-electron chi connectivity index (χ1n) is 8.20. The van der Waals surface area contributed by atoms with Crippen molar-refractivity contribution in [2.24, 2.45) is 5.92 Å². The average molecular weight is 343 g/mol. The number of methoxy groups -OCH3 is 1. The second-order valence-electron chi connectivity index (χ2n) is 7.00. The van der Waals surface area contributed by atoms with Crippen LogP contribution < -0.4 is 9.47 Å². The first-order valence-corrected chi connectivity index (χ1v) is 11.6. The third-order valence-corrected chi connectivity index (χ3v) is 4.58. The number of nitriles is 1. The summed E-state index contributed by atoms with van der Waals surface area (Å²) in [4.78, 5) is 0. The summed E-state index contributed by atoms with van der Waals surface area (Å²) in [5, 5.41) is 9.84. The lowest BCUT2D eigenvalue weighted by Crippen LogP contribution is -2.39. The zero-order valence-corrected chi connectivity index (χ0v) is 16.1. The van der Waals surface area contributed by atoms with Crippen molar-refractivity contribution in [2.75, 3.05) is 13.7 Å². The monoisotopic (exact) mass is 343 g/mol. The topological polar surface area (TPSA) is 51.5 Å². The van der Waals surface area contributed by atoms with Gasteiger partial charge in [-0.15, -0.1) is 5.92 Å². The molecule has 1 saturated carbocycles. The Morgan fingerprint density at radius 1 is 1.25 bits per heavy atom. The lowest BCUT2D eigenvalue weighted by atomic mass is 9.95. The van der Waals surface area contributed by atoms with E-state index in [4.69, 9.17) is 13.9 Å². The van der Waals surface area contributed by atoms with E-state index < -0.39 is 13.9 Å². The van der Waals surface area contributed by atoms with E-state index in [2.05, 4.69) is 17.9 Å². The van der Waals surface area contributed by atoms with Crippen molar-refractivity contribution in [3.63, 3.8) is 0 Å². The van der Waals surface area contributed by atoms with Gasteiger partial charge in [-0.25, -0.2) is 0 Å². The molecule has 1 aromatic carbocycles. The van der Waals surface area contributed by atoms with E-state index in [1.54, 1.807) is 14.0 Å². The van der Waals surface area contributed by atoms with Gasteiger partial charge < -0.3 is 13.9 Å². The van der Waals surface area contributed by atoms with E-state index in [1.165, 1.54) is 12.8 Å². The molecule has 24 heavy (non-hydrogen) atoms. The molecule has 0 N–H and O–H groups in total. The van der Waals surface area contributed by atoms with E-state index in [0.29, 0.717) is 29.6 Å². The summed E-state index contributed by atoms with van der Waals surface area (Å²) < 4.78 is 17.5. The summed E-state index contributed by atoms with van der Waals surface area (Å²) >= 11 is 0. The number of benzene rings is 1. The number of nitrogens with zero attached hydrogens (tertiary/aromatic N) is 1. The van der Waals surface area contributed by atoms with Gasteiger partial charge in [0, 0.05) is 5.56 Å². The first-order chi connectivity index (χ1) is 11.3. The number of ether oxygens (including phenoxy) is 2. The van der Waals surface area contributed by atoms with Crippen molar-refractivity contribution in [2.45, 2.75) is 45.0 Å². The fraction of sp³-hybridized carbons (Fsp3) is 0.526. The molecule has 1 unspecified atom stereocenters. The molecule has 0 heterocycles. The second kappa shape index (κ2) is 7.30. The SMILES string of the molecule is CC#CC(C#N)(O[Si](C)(C)C)c1ccc(OC)c(OCC2CC2)c1. The number of hydrogen-bond acceptors (Lipinski definition) is 4. The molecule has 1 aromatic rings. The molecular formula is C19H25NO3Si. The predicted octanol–water partition coefficient (Wildman–Crippen LogP) is 4.08. The first kappa shape index (κ1) is 18.4. The van der Waals surface area contributed by atoms with Gasteiger partial charge in [-0.2, -0.15) is 5.26 Å².